The summed E-state index contributed by atoms with van der Waals surface area (Å²) in [6.07, 6.45) is 8.32. The lowest BCUT2D eigenvalue weighted by atomic mass is 10.00. The van der Waals surface area contributed by atoms with Gasteiger partial charge < -0.3 is 10.1 Å². The number of methoxy groups -OCH3 is 1. The molecule has 2 heterocycles. The predicted octanol–water partition coefficient (Wildman–Crippen LogP) is 4.52. The molecule has 3 aromatic rings. The van der Waals surface area contributed by atoms with Crippen LogP contribution in [0, 0.1) is 5.82 Å². The third-order valence-corrected chi connectivity index (χ3v) is 4.75. The third kappa shape index (κ3) is 5.00. The van der Waals surface area contributed by atoms with Crippen molar-refractivity contribution in [1.29, 1.82) is 0 Å². The van der Waals surface area contributed by atoms with Gasteiger partial charge in [0.05, 0.1) is 19.0 Å². The number of benzene rings is 1. The Morgan fingerprint density at radius 1 is 1.20 bits per heavy atom. The molecule has 0 aliphatic rings. The molecule has 8 heteroatoms. The van der Waals surface area contributed by atoms with E-state index in [1.807, 2.05) is 24.7 Å². The average Bonchev–Trinajstić information content (AvgIpc) is 3.22. The summed E-state index contributed by atoms with van der Waals surface area (Å²) in [7, 11) is 1.40. The minimum atomic E-state index is -0.438. The zero-order valence-corrected chi connectivity index (χ0v) is 17.6. The minimum absolute atomic E-state index is 0.0471. The summed E-state index contributed by atoms with van der Waals surface area (Å²) in [5.41, 5.74) is 2.57. The molecular weight excluding hydrogens is 385 g/mol. The number of hydrogen-bond acceptors (Lipinski definition) is 6. The van der Waals surface area contributed by atoms with Crippen molar-refractivity contribution in [2.45, 2.75) is 46.1 Å². The fourth-order valence-corrected chi connectivity index (χ4v) is 2.99. The number of anilines is 2. The van der Waals surface area contributed by atoms with Crippen LogP contribution < -0.4 is 10.1 Å². The van der Waals surface area contributed by atoms with Gasteiger partial charge in [0.2, 0.25) is 5.95 Å². The standard InChI is InChI=1S/C22H26FN5O2/c1-5-19(29)17-8-16(21(23)20(9-17)30-4)7-6-15-10-24-22(25-11-15)27-18-12-26-28(13-18)14(2)3/h8-14H,5-7H2,1-4H3,(H,24,25,27). The smallest absolute Gasteiger partial charge is 0.227 e. The second-order valence-electron chi connectivity index (χ2n) is 7.27. The summed E-state index contributed by atoms with van der Waals surface area (Å²) in [5.74, 6) is 0.0631. The van der Waals surface area contributed by atoms with Crippen molar-refractivity contribution >= 4 is 17.4 Å². The molecule has 0 amide bonds. The van der Waals surface area contributed by atoms with Gasteiger partial charge >= 0.3 is 0 Å². The van der Waals surface area contributed by atoms with E-state index in [0.29, 0.717) is 36.3 Å². The lowest BCUT2D eigenvalue weighted by molar-refractivity contribution is 0.0987. The first kappa shape index (κ1) is 21.4. The topological polar surface area (TPSA) is 81.9 Å². The van der Waals surface area contributed by atoms with Crippen molar-refractivity contribution < 1.29 is 13.9 Å². The van der Waals surface area contributed by atoms with Crippen LogP contribution in [0.3, 0.4) is 0 Å². The second kappa shape index (κ2) is 9.47. The quantitative estimate of drug-likeness (QED) is 0.521. The molecule has 0 bridgehead atoms. The largest absolute Gasteiger partial charge is 0.494 e. The highest BCUT2D eigenvalue weighted by molar-refractivity contribution is 5.96. The summed E-state index contributed by atoms with van der Waals surface area (Å²) in [5, 5.41) is 7.38. The molecule has 0 fully saturated rings. The van der Waals surface area contributed by atoms with Gasteiger partial charge in [-0.25, -0.2) is 14.4 Å². The molecule has 7 nitrogen and oxygen atoms in total. The highest BCUT2D eigenvalue weighted by Crippen LogP contribution is 2.25. The number of ketones is 1. The van der Waals surface area contributed by atoms with E-state index in [9.17, 15) is 9.18 Å². The summed E-state index contributed by atoms with van der Waals surface area (Å²) >= 11 is 0. The van der Waals surface area contributed by atoms with E-state index >= 15 is 0 Å². The van der Waals surface area contributed by atoms with Gasteiger partial charge in [0.25, 0.3) is 0 Å². The Morgan fingerprint density at radius 3 is 2.53 bits per heavy atom. The van der Waals surface area contributed by atoms with Crippen LogP contribution in [0.5, 0.6) is 5.75 Å². The van der Waals surface area contributed by atoms with Crippen LogP contribution in [0.2, 0.25) is 0 Å². The van der Waals surface area contributed by atoms with E-state index in [4.69, 9.17) is 4.74 Å². The van der Waals surface area contributed by atoms with Crippen molar-refractivity contribution in [3.63, 3.8) is 0 Å². The number of aromatic nitrogens is 4. The van der Waals surface area contributed by atoms with Crippen LogP contribution in [0.25, 0.3) is 0 Å². The molecule has 0 aliphatic heterocycles. The molecule has 158 valence electrons. The van der Waals surface area contributed by atoms with Gasteiger partial charge in [0.15, 0.2) is 17.3 Å². The number of hydrogen-bond donors (Lipinski definition) is 1. The maximum Gasteiger partial charge on any atom is 0.227 e. The van der Waals surface area contributed by atoms with Crippen molar-refractivity contribution in [3.05, 3.63) is 59.4 Å². The van der Waals surface area contributed by atoms with Crippen LogP contribution >= 0.6 is 0 Å². The van der Waals surface area contributed by atoms with Gasteiger partial charge in [-0.2, -0.15) is 5.10 Å². The Labute approximate surface area is 175 Å². The fraction of sp³-hybridized carbons (Fsp3) is 0.364. The molecule has 0 unspecified atom stereocenters. The predicted molar refractivity (Wildman–Crippen MR) is 113 cm³/mol. The summed E-state index contributed by atoms with van der Waals surface area (Å²) < 4.78 is 21.5. The maximum atomic E-state index is 14.6. The molecule has 30 heavy (non-hydrogen) atoms. The molecule has 0 atom stereocenters. The van der Waals surface area contributed by atoms with Gasteiger partial charge in [-0.3, -0.25) is 9.48 Å². The molecule has 0 aliphatic carbocycles. The molecule has 0 radical (unpaired) electrons. The lowest BCUT2D eigenvalue weighted by Gasteiger charge is -2.11. The van der Waals surface area contributed by atoms with Gasteiger partial charge in [-0.1, -0.05) is 6.92 Å². The lowest BCUT2D eigenvalue weighted by Crippen LogP contribution is -2.04. The number of aryl methyl sites for hydroxylation is 2. The van der Waals surface area contributed by atoms with E-state index in [1.165, 1.54) is 13.2 Å². The summed E-state index contributed by atoms with van der Waals surface area (Å²) in [4.78, 5) is 20.7. The van der Waals surface area contributed by atoms with E-state index in [0.717, 1.165) is 11.3 Å². The molecule has 0 spiro atoms. The molecule has 0 saturated carbocycles. The molecule has 1 aromatic carbocycles. The van der Waals surface area contributed by atoms with E-state index < -0.39 is 5.82 Å². The van der Waals surface area contributed by atoms with Gasteiger partial charge in [-0.05, 0) is 49.9 Å². The molecule has 1 N–H and O–H groups in total. The summed E-state index contributed by atoms with van der Waals surface area (Å²) in [6, 6.07) is 3.33. The van der Waals surface area contributed by atoms with Crippen LogP contribution in [-0.2, 0) is 12.8 Å². The minimum Gasteiger partial charge on any atom is -0.494 e. The number of carbonyl (C=O) groups excluding carboxylic acids is 1. The van der Waals surface area contributed by atoms with Crippen molar-refractivity contribution in [2.24, 2.45) is 0 Å². The molecule has 0 saturated heterocycles. The Kier molecular flexibility index (Phi) is 6.76. The first-order chi connectivity index (χ1) is 14.4. The number of ether oxygens (including phenoxy) is 1. The fourth-order valence-electron chi connectivity index (χ4n) is 2.99. The Bertz CT molecular complexity index is 1010. The van der Waals surface area contributed by atoms with Crippen LogP contribution in [0.4, 0.5) is 16.0 Å². The Balaban J connectivity index is 1.68. The number of carbonyl (C=O) groups is 1. The first-order valence-electron chi connectivity index (χ1n) is 9.93. The SMILES string of the molecule is CCC(=O)c1cc(CCc2cnc(Nc3cnn(C(C)C)c3)nc2)c(F)c(OC)c1. The van der Waals surface area contributed by atoms with Gasteiger partial charge in [0.1, 0.15) is 0 Å². The van der Waals surface area contributed by atoms with Crippen LogP contribution in [0.1, 0.15) is 54.7 Å². The highest BCUT2D eigenvalue weighted by Gasteiger charge is 2.15. The first-order valence-corrected chi connectivity index (χ1v) is 9.93. The normalized spacial score (nSPS) is 11.0. The summed E-state index contributed by atoms with van der Waals surface area (Å²) in [6.45, 7) is 5.88. The zero-order chi connectivity index (χ0) is 21.7. The van der Waals surface area contributed by atoms with Crippen LogP contribution in [-0.4, -0.2) is 32.6 Å². The van der Waals surface area contributed by atoms with E-state index in [1.54, 1.807) is 31.6 Å². The monoisotopic (exact) mass is 411 g/mol. The number of nitrogens with one attached hydrogen (secondary N) is 1. The van der Waals surface area contributed by atoms with Crippen molar-refractivity contribution in [3.8, 4) is 5.75 Å². The molecule has 3 rings (SSSR count). The average molecular weight is 411 g/mol. The van der Waals surface area contributed by atoms with E-state index in [-0.39, 0.29) is 17.6 Å². The zero-order valence-electron chi connectivity index (χ0n) is 17.6. The molecule has 2 aromatic heterocycles. The van der Waals surface area contributed by atoms with Gasteiger partial charge in [0, 0.05) is 36.6 Å². The Hall–Kier alpha value is -3.29. The highest BCUT2D eigenvalue weighted by atomic mass is 19.1. The van der Waals surface area contributed by atoms with E-state index in [2.05, 4.69) is 20.4 Å². The Morgan fingerprint density at radius 2 is 1.93 bits per heavy atom. The number of halogens is 1. The molecular formula is C22H26FN5O2. The van der Waals surface area contributed by atoms with Crippen LogP contribution in [0.15, 0.2) is 36.9 Å². The third-order valence-electron chi connectivity index (χ3n) is 4.75. The number of nitrogens with zero attached hydrogens (tertiary/aromatic N) is 4. The maximum absolute atomic E-state index is 14.6. The second-order valence-corrected chi connectivity index (χ2v) is 7.27. The van der Waals surface area contributed by atoms with Crippen molar-refractivity contribution in [2.75, 3.05) is 12.4 Å². The number of Topliss-reactive ketones (excluding diaryl/α,β-unsaturated/α-hetero) is 1. The number of rotatable bonds is 9. The van der Waals surface area contributed by atoms with Gasteiger partial charge in [-0.15, -0.1) is 0 Å². The van der Waals surface area contributed by atoms with Crippen molar-refractivity contribution in [1.82, 2.24) is 19.7 Å².